The van der Waals surface area contributed by atoms with Gasteiger partial charge in [0.15, 0.2) is 0 Å². The van der Waals surface area contributed by atoms with Gasteiger partial charge in [-0.15, -0.1) is 0 Å². The first-order chi connectivity index (χ1) is 10.3. The summed E-state index contributed by atoms with van der Waals surface area (Å²) in [6.45, 7) is 6.63. The molecule has 1 aliphatic heterocycles. The predicted molar refractivity (Wildman–Crippen MR) is 85.9 cm³/mol. The quantitative estimate of drug-likeness (QED) is 0.900. The molecular weight excluding hydrogens is 307 g/mol. The summed E-state index contributed by atoms with van der Waals surface area (Å²) in [6.07, 6.45) is 1.45. The topological polar surface area (TPSA) is 41.6 Å². The minimum atomic E-state index is -0.521. The van der Waals surface area contributed by atoms with E-state index in [1.807, 2.05) is 20.8 Å². The highest BCUT2D eigenvalue weighted by molar-refractivity contribution is 6.33. The van der Waals surface area contributed by atoms with E-state index in [1.165, 1.54) is 6.07 Å². The van der Waals surface area contributed by atoms with Crippen molar-refractivity contribution in [2.75, 3.05) is 18.4 Å². The Morgan fingerprint density at radius 3 is 2.86 bits per heavy atom. The number of carbonyl (C=O) groups excluding carboxylic acids is 1. The largest absolute Gasteiger partial charge is 0.444 e. The molecule has 122 valence electrons. The average molecular weight is 329 g/mol. The van der Waals surface area contributed by atoms with E-state index < -0.39 is 11.4 Å². The summed E-state index contributed by atoms with van der Waals surface area (Å²) in [5, 5.41) is 3.35. The molecule has 1 N–H and O–H groups in total. The first kappa shape index (κ1) is 16.9. The number of carbonyl (C=O) groups is 1. The first-order valence-electron chi connectivity index (χ1n) is 7.45. The van der Waals surface area contributed by atoms with Crippen molar-refractivity contribution in [1.82, 2.24) is 4.90 Å². The Morgan fingerprint density at radius 1 is 1.50 bits per heavy atom. The maximum atomic E-state index is 13.8. The molecule has 0 bridgehead atoms. The standard InChI is InChI=1S/C16H22ClFN2O2/c1-16(2,3)22-15(21)20-9-5-6-11(20)10-19-14-12(17)7-4-8-13(14)18/h4,7-8,11,19H,5-6,9-10H2,1-3H3. The molecule has 4 nitrogen and oxygen atoms in total. The predicted octanol–water partition coefficient (Wildman–Crippen LogP) is 4.29. The summed E-state index contributed by atoms with van der Waals surface area (Å²) in [6, 6.07) is 4.53. The van der Waals surface area contributed by atoms with Crippen molar-refractivity contribution in [3.8, 4) is 0 Å². The highest BCUT2D eigenvalue weighted by atomic mass is 35.5. The van der Waals surface area contributed by atoms with E-state index in [4.69, 9.17) is 16.3 Å². The molecule has 1 heterocycles. The number of hydrogen-bond donors (Lipinski definition) is 1. The Kier molecular flexibility index (Phi) is 5.16. The number of nitrogens with one attached hydrogen (secondary N) is 1. The monoisotopic (exact) mass is 328 g/mol. The Morgan fingerprint density at radius 2 is 2.23 bits per heavy atom. The van der Waals surface area contributed by atoms with Crippen LogP contribution >= 0.6 is 11.6 Å². The number of hydrogen-bond acceptors (Lipinski definition) is 3. The summed E-state index contributed by atoms with van der Waals surface area (Å²) < 4.78 is 19.2. The van der Waals surface area contributed by atoms with Crippen LogP contribution in [0.25, 0.3) is 0 Å². The summed E-state index contributed by atoms with van der Waals surface area (Å²) in [5.41, 5.74) is -0.243. The highest BCUT2D eigenvalue weighted by Crippen LogP contribution is 2.26. The molecular formula is C16H22ClFN2O2. The van der Waals surface area contributed by atoms with Crippen LogP contribution in [0.4, 0.5) is 14.9 Å². The molecule has 6 heteroatoms. The van der Waals surface area contributed by atoms with Gasteiger partial charge in [0.05, 0.1) is 16.8 Å². The van der Waals surface area contributed by atoms with Crippen molar-refractivity contribution in [2.24, 2.45) is 0 Å². The Balaban J connectivity index is 1.98. The van der Waals surface area contributed by atoms with Gasteiger partial charge < -0.3 is 15.0 Å². The molecule has 0 spiro atoms. The van der Waals surface area contributed by atoms with Crippen LogP contribution in [0.1, 0.15) is 33.6 Å². The Bertz CT molecular complexity index is 525. The van der Waals surface area contributed by atoms with E-state index in [9.17, 15) is 9.18 Å². The van der Waals surface area contributed by atoms with Crippen molar-refractivity contribution in [2.45, 2.75) is 45.3 Å². The van der Waals surface area contributed by atoms with Crippen molar-refractivity contribution in [3.63, 3.8) is 0 Å². The summed E-state index contributed by atoms with van der Waals surface area (Å²) in [7, 11) is 0. The smallest absolute Gasteiger partial charge is 0.410 e. The molecule has 1 amide bonds. The molecule has 22 heavy (non-hydrogen) atoms. The van der Waals surface area contributed by atoms with Gasteiger partial charge in [0.1, 0.15) is 11.4 Å². The third-order valence-corrected chi connectivity index (χ3v) is 3.80. The molecule has 1 atom stereocenters. The number of benzene rings is 1. The first-order valence-corrected chi connectivity index (χ1v) is 7.83. The lowest BCUT2D eigenvalue weighted by Crippen LogP contribution is -2.42. The van der Waals surface area contributed by atoms with Crippen molar-refractivity contribution < 1.29 is 13.9 Å². The molecule has 0 radical (unpaired) electrons. The van der Waals surface area contributed by atoms with Crippen LogP contribution < -0.4 is 5.32 Å². The number of halogens is 2. The second-order valence-electron chi connectivity index (χ2n) is 6.45. The van der Waals surface area contributed by atoms with Gasteiger partial charge in [-0.1, -0.05) is 17.7 Å². The highest BCUT2D eigenvalue weighted by Gasteiger charge is 2.32. The van der Waals surface area contributed by atoms with Crippen LogP contribution in [0, 0.1) is 5.82 Å². The molecule has 1 aliphatic rings. The fourth-order valence-corrected chi connectivity index (χ4v) is 2.73. The lowest BCUT2D eigenvalue weighted by atomic mass is 10.2. The fourth-order valence-electron chi connectivity index (χ4n) is 2.50. The van der Waals surface area contributed by atoms with Crippen LogP contribution in [-0.4, -0.2) is 35.7 Å². The van der Waals surface area contributed by atoms with Gasteiger partial charge in [0.25, 0.3) is 0 Å². The number of rotatable bonds is 3. The molecule has 1 aromatic carbocycles. The van der Waals surface area contributed by atoms with Gasteiger partial charge in [-0.2, -0.15) is 0 Å². The second kappa shape index (κ2) is 6.73. The molecule has 0 aromatic heterocycles. The summed E-state index contributed by atoms with van der Waals surface area (Å²) in [5.74, 6) is -0.394. The van der Waals surface area contributed by atoms with Gasteiger partial charge in [0.2, 0.25) is 0 Å². The van der Waals surface area contributed by atoms with Crippen molar-refractivity contribution >= 4 is 23.4 Å². The van der Waals surface area contributed by atoms with E-state index in [0.29, 0.717) is 18.1 Å². The zero-order chi connectivity index (χ0) is 16.3. The molecule has 2 rings (SSSR count). The number of ether oxygens (including phenoxy) is 1. The average Bonchev–Trinajstić information content (AvgIpc) is 2.84. The number of likely N-dealkylation sites (tertiary alicyclic amines) is 1. The van der Waals surface area contributed by atoms with Crippen molar-refractivity contribution in [3.05, 3.63) is 29.0 Å². The maximum Gasteiger partial charge on any atom is 0.410 e. The van der Waals surface area contributed by atoms with E-state index in [-0.39, 0.29) is 17.8 Å². The summed E-state index contributed by atoms with van der Waals surface area (Å²) in [4.78, 5) is 13.9. The molecule has 1 aromatic rings. The molecule has 1 fully saturated rings. The minimum absolute atomic E-state index is 0.0227. The van der Waals surface area contributed by atoms with Crippen LogP contribution in [0.15, 0.2) is 18.2 Å². The van der Waals surface area contributed by atoms with E-state index in [1.54, 1.807) is 17.0 Å². The number of nitrogens with zero attached hydrogens (tertiary/aromatic N) is 1. The van der Waals surface area contributed by atoms with Gasteiger partial charge in [-0.25, -0.2) is 9.18 Å². The zero-order valence-electron chi connectivity index (χ0n) is 13.2. The van der Waals surface area contributed by atoms with Gasteiger partial charge in [-0.05, 0) is 45.7 Å². The van der Waals surface area contributed by atoms with Crippen molar-refractivity contribution in [1.29, 1.82) is 0 Å². The van der Waals surface area contributed by atoms with Gasteiger partial charge >= 0.3 is 6.09 Å². The van der Waals surface area contributed by atoms with E-state index in [2.05, 4.69) is 5.32 Å². The SMILES string of the molecule is CC(C)(C)OC(=O)N1CCCC1CNc1c(F)cccc1Cl. The third-order valence-electron chi connectivity index (χ3n) is 3.48. The van der Waals surface area contributed by atoms with E-state index in [0.717, 1.165) is 12.8 Å². The van der Waals surface area contributed by atoms with Crippen LogP contribution in [0.5, 0.6) is 0 Å². The summed E-state index contributed by atoms with van der Waals surface area (Å²) >= 11 is 5.99. The third kappa shape index (κ3) is 4.26. The zero-order valence-corrected chi connectivity index (χ0v) is 13.9. The number of anilines is 1. The number of amides is 1. The van der Waals surface area contributed by atoms with Crippen LogP contribution in [-0.2, 0) is 4.74 Å². The Hall–Kier alpha value is -1.49. The molecule has 0 aliphatic carbocycles. The van der Waals surface area contributed by atoms with E-state index >= 15 is 0 Å². The second-order valence-corrected chi connectivity index (χ2v) is 6.85. The minimum Gasteiger partial charge on any atom is -0.444 e. The van der Waals surface area contributed by atoms with Gasteiger partial charge in [-0.3, -0.25) is 0 Å². The fraction of sp³-hybridized carbons (Fsp3) is 0.562. The number of para-hydroxylation sites is 1. The lowest BCUT2D eigenvalue weighted by molar-refractivity contribution is 0.0235. The maximum absolute atomic E-state index is 13.8. The molecule has 1 saturated heterocycles. The lowest BCUT2D eigenvalue weighted by Gasteiger charge is -2.29. The van der Waals surface area contributed by atoms with Gasteiger partial charge in [0, 0.05) is 13.1 Å². The van der Waals surface area contributed by atoms with Crippen LogP contribution in [0.2, 0.25) is 5.02 Å². The normalized spacial score (nSPS) is 18.4. The molecule has 1 unspecified atom stereocenters. The Labute approximate surface area is 135 Å². The molecule has 0 saturated carbocycles. The van der Waals surface area contributed by atoms with Crippen LogP contribution in [0.3, 0.4) is 0 Å².